The van der Waals surface area contributed by atoms with Crippen LogP contribution in [0.5, 0.6) is 0 Å². The number of rotatable bonds is 6. The van der Waals surface area contributed by atoms with E-state index in [1.54, 1.807) is 0 Å². The molecule has 0 bridgehead atoms. The lowest BCUT2D eigenvalue weighted by molar-refractivity contribution is 0.0993. The van der Waals surface area contributed by atoms with E-state index in [0.717, 1.165) is 25.3 Å². The largest absolute Gasteiger partial charge is 0.396 e. The summed E-state index contributed by atoms with van der Waals surface area (Å²) in [4.78, 5) is 0. The third-order valence-corrected chi connectivity index (χ3v) is 3.97. The minimum atomic E-state index is 0.124. The van der Waals surface area contributed by atoms with Crippen LogP contribution in [0.15, 0.2) is 0 Å². The SMILES string of the molecule is CCC(CC)(CO)CNC1CC(C)C1. The number of aliphatic hydroxyl groups is 1. The summed E-state index contributed by atoms with van der Waals surface area (Å²) < 4.78 is 0. The summed E-state index contributed by atoms with van der Waals surface area (Å²) in [6.07, 6.45) is 4.76. The Morgan fingerprint density at radius 3 is 2.21 bits per heavy atom. The van der Waals surface area contributed by atoms with Gasteiger partial charge in [0.2, 0.25) is 0 Å². The normalized spacial score (nSPS) is 27.4. The van der Waals surface area contributed by atoms with Crippen molar-refractivity contribution in [3.63, 3.8) is 0 Å². The summed E-state index contributed by atoms with van der Waals surface area (Å²) in [6, 6.07) is 0.717. The van der Waals surface area contributed by atoms with Crippen LogP contribution in [-0.4, -0.2) is 24.3 Å². The van der Waals surface area contributed by atoms with E-state index in [1.165, 1.54) is 12.8 Å². The number of hydrogen-bond donors (Lipinski definition) is 2. The second-order valence-electron chi connectivity index (χ2n) is 5.02. The third kappa shape index (κ3) is 2.71. The summed E-state index contributed by atoms with van der Waals surface area (Å²) in [6.45, 7) is 7.94. The van der Waals surface area contributed by atoms with E-state index < -0.39 is 0 Å². The van der Waals surface area contributed by atoms with E-state index in [2.05, 4.69) is 26.1 Å². The van der Waals surface area contributed by atoms with E-state index in [-0.39, 0.29) is 5.41 Å². The molecule has 0 aromatic heterocycles. The second kappa shape index (κ2) is 5.13. The molecule has 0 atom stereocenters. The van der Waals surface area contributed by atoms with E-state index in [1.807, 2.05) is 0 Å². The maximum Gasteiger partial charge on any atom is 0.0499 e. The van der Waals surface area contributed by atoms with Gasteiger partial charge in [0, 0.05) is 24.6 Å². The van der Waals surface area contributed by atoms with E-state index in [4.69, 9.17) is 0 Å². The molecule has 0 aromatic carbocycles. The van der Waals surface area contributed by atoms with Gasteiger partial charge in [-0.1, -0.05) is 20.8 Å². The minimum absolute atomic E-state index is 0.124. The lowest BCUT2D eigenvalue weighted by atomic mass is 9.79. The highest BCUT2D eigenvalue weighted by molar-refractivity contribution is 4.86. The molecule has 0 unspecified atom stereocenters. The minimum Gasteiger partial charge on any atom is -0.396 e. The van der Waals surface area contributed by atoms with Crippen LogP contribution in [0.2, 0.25) is 0 Å². The standard InChI is InChI=1S/C12H25NO/c1-4-12(5-2,9-14)8-13-11-6-10(3)7-11/h10-11,13-14H,4-9H2,1-3H3. The van der Waals surface area contributed by atoms with Crippen molar-refractivity contribution in [2.45, 2.75) is 52.5 Å². The molecule has 0 radical (unpaired) electrons. The highest BCUT2D eigenvalue weighted by Gasteiger charge is 2.30. The Bertz CT molecular complexity index is 151. The molecule has 14 heavy (non-hydrogen) atoms. The van der Waals surface area contributed by atoms with Gasteiger partial charge in [0.15, 0.2) is 0 Å². The summed E-state index contributed by atoms with van der Waals surface area (Å²) in [5.41, 5.74) is 0.124. The fourth-order valence-corrected chi connectivity index (χ4v) is 2.21. The third-order valence-electron chi connectivity index (χ3n) is 3.97. The van der Waals surface area contributed by atoms with Crippen molar-refractivity contribution in [3.8, 4) is 0 Å². The molecule has 0 heterocycles. The molecule has 2 nitrogen and oxygen atoms in total. The van der Waals surface area contributed by atoms with Gasteiger partial charge < -0.3 is 10.4 Å². The molecule has 1 aliphatic carbocycles. The smallest absolute Gasteiger partial charge is 0.0499 e. The summed E-state index contributed by atoms with van der Waals surface area (Å²) in [5, 5.41) is 13.0. The van der Waals surface area contributed by atoms with Crippen LogP contribution in [0.1, 0.15) is 46.5 Å². The van der Waals surface area contributed by atoms with E-state index in [9.17, 15) is 5.11 Å². The topological polar surface area (TPSA) is 32.3 Å². The molecular formula is C12H25NO. The number of aliphatic hydroxyl groups excluding tert-OH is 1. The van der Waals surface area contributed by atoms with E-state index >= 15 is 0 Å². The molecule has 84 valence electrons. The van der Waals surface area contributed by atoms with Gasteiger partial charge in [-0.3, -0.25) is 0 Å². The Kier molecular flexibility index (Phi) is 4.39. The van der Waals surface area contributed by atoms with Crippen LogP contribution in [0.25, 0.3) is 0 Å². The fourth-order valence-electron chi connectivity index (χ4n) is 2.21. The predicted molar refractivity (Wildman–Crippen MR) is 60.3 cm³/mol. The van der Waals surface area contributed by atoms with Crippen molar-refractivity contribution in [1.82, 2.24) is 5.32 Å². The molecule has 2 N–H and O–H groups in total. The Labute approximate surface area is 88.1 Å². The fraction of sp³-hybridized carbons (Fsp3) is 1.00. The van der Waals surface area contributed by atoms with Gasteiger partial charge in [0.25, 0.3) is 0 Å². The van der Waals surface area contributed by atoms with Crippen LogP contribution in [0, 0.1) is 11.3 Å². The van der Waals surface area contributed by atoms with Gasteiger partial charge in [-0.05, 0) is 31.6 Å². The zero-order valence-electron chi connectivity index (χ0n) is 9.84. The average Bonchev–Trinajstić information content (AvgIpc) is 2.17. The van der Waals surface area contributed by atoms with Gasteiger partial charge in [0.1, 0.15) is 0 Å². The molecule has 0 aliphatic heterocycles. The molecule has 0 spiro atoms. The molecular weight excluding hydrogens is 174 g/mol. The molecule has 1 rings (SSSR count). The first-order chi connectivity index (χ1) is 6.65. The van der Waals surface area contributed by atoms with Crippen molar-refractivity contribution < 1.29 is 5.11 Å². The quantitative estimate of drug-likeness (QED) is 0.687. The Balaban J connectivity index is 2.26. The highest BCUT2D eigenvalue weighted by atomic mass is 16.3. The van der Waals surface area contributed by atoms with Gasteiger partial charge >= 0.3 is 0 Å². The lowest BCUT2D eigenvalue weighted by Gasteiger charge is -2.38. The predicted octanol–water partition coefficient (Wildman–Crippen LogP) is 2.17. The zero-order valence-corrected chi connectivity index (χ0v) is 9.84. The number of hydrogen-bond acceptors (Lipinski definition) is 2. The van der Waals surface area contributed by atoms with E-state index in [0.29, 0.717) is 12.6 Å². The van der Waals surface area contributed by atoms with Gasteiger partial charge in [-0.25, -0.2) is 0 Å². The monoisotopic (exact) mass is 199 g/mol. The van der Waals surface area contributed by atoms with Gasteiger partial charge in [-0.2, -0.15) is 0 Å². The second-order valence-corrected chi connectivity index (χ2v) is 5.02. The molecule has 1 saturated carbocycles. The van der Waals surface area contributed by atoms with Crippen molar-refractivity contribution in [2.24, 2.45) is 11.3 Å². The summed E-state index contributed by atoms with van der Waals surface area (Å²) >= 11 is 0. The maximum absolute atomic E-state index is 9.39. The van der Waals surface area contributed by atoms with Gasteiger partial charge in [0.05, 0.1) is 0 Å². The Morgan fingerprint density at radius 1 is 1.29 bits per heavy atom. The van der Waals surface area contributed by atoms with Crippen LogP contribution >= 0.6 is 0 Å². The van der Waals surface area contributed by atoms with Crippen molar-refractivity contribution in [2.75, 3.05) is 13.2 Å². The summed E-state index contributed by atoms with van der Waals surface area (Å²) in [7, 11) is 0. The Morgan fingerprint density at radius 2 is 1.86 bits per heavy atom. The average molecular weight is 199 g/mol. The first-order valence-corrected chi connectivity index (χ1v) is 6.00. The lowest BCUT2D eigenvalue weighted by Crippen LogP contribution is -2.46. The van der Waals surface area contributed by atoms with Crippen molar-refractivity contribution in [1.29, 1.82) is 0 Å². The van der Waals surface area contributed by atoms with Crippen LogP contribution in [0.3, 0.4) is 0 Å². The zero-order chi connectivity index (χ0) is 10.6. The molecule has 1 fully saturated rings. The summed E-state index contributed by atoms with van der Waals surface area (Å²) in [5.74, 6) is 0.902. The van der Waals surface area contributed by atoms with Crippen LogP contribution in [-0.2, 0) is 0 Å². The highest BCUT2D eigenvalue weighted by Crippen LogP contribution is 2.29. The maximum atomic E-state index is 9.39. The van der Waals surface area contributed by atoms with Crippen LogP contribution < -0.4 is 5.32 Å². The molecule has 1 aliphatic rings. The van der Waals surface area contributed by atoms with Crippen molar-refractivity contribution in [3.05, 3.63) is 0 Å². The molecule has 0 aromatic rings. The Hall–Kier alpha value is -0.0800. The van der Waals surface area contributed by atoms with Crippen molar-refractivity contribution >= 4 is 0 Å². The first kappa shape index (κ1) is 12.0. The molecule has 0 saturated heterocycles. The first-order valence-electron chi connectivity index (χ1n) is 6.00. The van der Waals surface area contributed by atoms with Crippen LogP contribution in [0.4, 0.5) is 0 Å². The number of nitrogens with one attached hydrogen (secondary N) is 1. The molecule has 0 amide bonds. The van der Waals surface area contributed by atoms with Gasteiger partial charge in [-0.15, -0.1) is 0 Å². The molecule has 2 heteroatoms.